The van der Waals surface area contributed by atoms with Gasteiger partial charge in [0.05, 0.1) is 11.5 Å². The summed E-state index contributed by atoms with van der Waals surface area (Å²) in [6.45, 7) is 1.75. The third-order valence-corrected chi connectivity index (χ3v) is 2.91. The summed E-state index contributed by atoms with van der Waals surface area (Å²) in [7, 11) is 2.01. The maximum atomic E-state index is 11.9. The Labute approximate surface area is 100 Å². The molecule has 1 N–H and O–H groups in total. The summed E-state index contributed by atoms with van der Waals surface area (Å²) < 4.78 is 0. The molecule has 1 unspecified atom stereocenters. The second kappa shape index (κ2) is 4.93. The molecular weight excluding hydrogens is 216 g/mol. The Bertz CT molecular complexity index is 449. The first kappa shape index (κ1) is 11.6. The number of carbonyl (C=O) groups is 1. The Morgan fingerprint density at radius 3 is 3.00 bits per heavy atom. The summed E-state index contributed by atoms with van der Waals surface area (Å²) in [5, 5.41) is 11.4. The minimum Gasteiger partial charge on any atom is -0.310 e. The lowest BCUT2D eigenvalue weighted by molar-refractivity contribution is -0.119. The molecule has 0 radical (unpaired) electrons. The van der Waals surface area contributed by atoms with Gasteiger partial charge in [-0.15, -0.1) is 0 Å². The van der Waals surface area contributed by atoms with Crippen LogP contribution in [0.1, 0.15) is 12.0 Å². The number of aromatic nitrogens is 1. The molecule has 1 saturated heterocycles. The molecule has 1 fully saturated rings. The van der Waals surface area contributed by atoms with Crippen molar-refractivity contribution in [2.45, 2.75) is 6.42 Å². The molecule has 1 aliphatic heterocycles. The fourth-order valence-electron chi connectivity index (χ4n) is 1.91. The molecule has 1 aliphatic rings. The number of hydrogen-bond acceptors (Lipinski definition) is 4. The van der Waals surface area contributed by atoms with E-state index in [9.17, 15) is 4.79 Å². The van der Waals surface area contributed by atoms with Crippen molar-refractivity contribution in [3.63, 3.8) is 0 Å². The van der Waals surface area contributed by atoms with Gasteiger partial charge in [-0.3, -0.25) is 4.79 Å². The molecule has 0 spiro atoms. The van der Waals surface area contributed by atoms with Gasteiger partial charge in [0.2, 0.25) is 5.91 Å². The molecular formula is C12H14N4O. The standard InChI is InChI=1S/C12H14N4O/c1-16-5-4-10(8-16)12(17)15-11-3-2-9(6-13)7-14-11/h2-3,7,10H,4-5,8H2,1H3,(H,14,15,17). The highest BCUT2D eigenvalue weighted by Crippen LogP contribution is 2.16. The highest BCUT2D eigenvalue weighted by atomic mass is 16.2. The molecule has 2 rings (SSSR count). The summed E-state index contributed by atoms with van der Waals surface area (Å²) in [5.74, 6) is 0.549. The van der Waals surface area contributed by atoms with E-state index in [-0.39, 0.29) is 11.8 Å². The number of pyridine rings is 1. The largest absolute Gasteiger partial charge is 0.310 e. The third kappa shape index (κ3) is 2.80. The molecule has 0 aromatic carbocycles. The summed E-state index contributed by atoms with van der Waals surface area (Å²) in [6.07, 6.45) is 2.34. The minimum atomic E-state index is 0.00607. The molecule has 0 bridgehead atoms. The Morgan fingerprint density at radius 2 is 2.47 bits per heavy atom. The van der Waals surface area contributed by atoms with Crippen molar-refractivity contribution in [3.8, 4) is 6.07 Å². The first-order chi connectivity index (χ1) is 8.19. The molecule has 1 aromatic rings. The van der Waals surface area contributed by atoms with E-state index < -0.39 is 0 Å². The van der Waals surface area contributed by atoms with Crippen LogP contribution in [0.25, 0.3) is 0 Å². The number of hydrogen-bond donors (Lipinski definition) is 1. The predicted octanol–water partition coefficient (Wildman–Crippen LogP) is 0.843. The van der Waals surface area contributed by atoms with Crippen molar-refractivity contribution in [2.24, 2.45) is 5.92 Å². The Kier molecular flexibility index (Phi) is 3.35. The van der Waals surface area contributed by atoms with E-state index in [1.165, 1.54) is 6.20 Å². The summed E-state index contributed by atoms with van der Waals surface area (Å²) >= 11 is 0. The fraction of sp³-hybridized carbons (Fsp3) is 0.417. The normalized spacial score (nSPS) is 19.9. The van der Waals surface area contributed by atoms with E-state index in [1.54, 1.807) is 12.1 Å². The van der Waals surface area contributed by atoms with Crippen molar-refractivity contribution in [2.75, 3.05) is 25.5 Å². The van der Waals surface area contributed by atoms with E-state index in [4.69, 9.17) is 5.26 Å². The lowest BCUT2D eigenvalue weighted by Crippen LogP contribution is -2.25. The second-order valence-electron chi connectivity index (χ2n) is 4.28. The smallest absolute Gasteiger partial charge is 0.229 e. The zero-order valence-corrected chi connectivity index (χ0v) is 9.68. The molecule has 1 atom stereocenters. The quantitative estimate of drug-likeness (QED) is 0.817. The van der Waals surface area contributed by atoms with Crippen LogP contribution in [0, 0.1) is 17.2 Å². The van der Waals surface area contributed by atoms with E-state index >= 15 is 0 Å². The lowest BCUT2D eigenvalue weighted by Gasteiger charge is -2.10. The summed E-state index contributed by atoms with van der Waals surface area (Å²) in [5.41, 5.74) is 0.489. The van der Waals surface area contributed by atoms with Crippen LogP contribution in [0.5, 0.6) is 0 Å². The van der Waals surface area contributed by atoms with Crippen LogP contribution in [-0.4, -0.2) is 35.9 Å². The Hall–Kier alpha value is -1.93. The molecule has 1 amide bonds. The van der Waals surface area contributed by atoms with Crippen LogP contribution in [0.4, 0.5) is 5.82 Å². The van der Waals surface area contributed by atoms with E-state index in [2.05, 4.69) is 15.2 Å². The highest BCUT2D eigenvalue weighted by Gasteiger charge is 2.26. The van der Waals surface area contributed by atoms with Crippen LogP contribution in [0.3, 0.4) is 0 Å². The topological polar surface area (TPSA) is 69.0 Å². The van der Waals surface area contributed by atoms with Gasteiger partial charge in [-0.2, -0.15) is 5.26 Å². The number of nitriles is 1. The average molecular weight is 230 g/mol. The summed E-state index contributed by atoms with van der Waals surface area (Å²) in [4.78, 5) is 18.0. The molecule has 1 aromatic heterocycles. The molecule has 5 nitrogen and oxygen atoms in total. The van der Waals surface area contributed by atoms with Gasteiger partial charge in [-0.25, -0.2) is 4.98 Å². The average Bonchev–Trinajstić information content (AvgIpc) is 2.77. The second-order valence-corrected chi connectivity index (χ2v) is 4.28. The van der Waals surface area contributed by atoms with Crippen molar-refractivity contribution in [1.82, 2.24) is 9.88 Å². The van der Waals surface area contributed by atoms with E-state index in [0.29, 0.717) is 11.4 Å². The molecule has 2 heterocycles. The van der Waals surface area contributed by atoms with E-state index in [0.717, 1.165) is 19.5 Å². The fourth-order valence-corrected chi connectivity index (χ4v) is 1.91. The lowest BCUT2D eigenvalue weighted by atomic mass is 10.1. The Morgan fingerprint density at radius 1 is 1.65 bits per heavy atom. The predicted molar refractivity (Wildman–Crippen MR) is 63.2 cm³/mol. The maximum absolute atomic E-state index is 11.9. The SMILES string of the molecule is CN1CCC(C(=O)Nc2ccc(C#N)cn2)C1. The van der Waals surface area contributed by atoms with Gasteiger partial charge >= 0.3 is 0 Å². The van der Waals surface area contributed by atoms with Crippen LogP contribution >= 0.6 is 0 Å². The first-order valence-electron chi connectivity index (χ1n) is 5.54. The molecule has 0 saturated carbocycles. The van der Waals surface area contributed by atoms with Crippen LogP contribution in [0.2, 0.25) is 0 Å². The van der Waals surface area contributed by atoms with Crippen molar-refractivity contribution >= 4 is 11.7 Å². The van der Waals surface area contributed by atoms with Gasteiger partial charge in [0, 0.05) is 12.7 Å². The molecule has 17 heavy (non-hydrogen) atoms. The van der Waals surface area contributed by atoms with Gasteiger partial charge in [0.15, 0.2) is 0 Å². The first-order valence-corrected chi connectivity index (χ1v) is 5.54. The number of likely N-dealkylation sites (tertiary alicyclic amines) is 1. The zero-order valence-electron chi connectivity index (χ0n) is 9.68. The number of carbonyl (C=O) groups excluding carboxylic acids is 1. The van der Waals surface area contributed by atoms with Gasteiger partial charge in [0.1, 0.15) is 11.9 Å². The van der Waals surface area contributed by atoms with Gasteiger partial charge in [0.25, 0.3) is 0 Å². The van der Waals surface area contributed by atoms with Crippen molar-refractivity contribution < 1.29 is 4.79 Å². The van der Waals surface area contributed by atoms with Gasteiger partial charge < -0.3 is 10.2 Å². The molecule has 5 heteroatoms. The Balaban J connectivity index is 1.96. The number of anilines is 1. The summed E-state index contributed by atoms with van der Waals surface area (Å²) in [6, 6.07) is 5.28. The van der Waals surface area contributed by atoms with Gasteiger partial charge in [-0.1, -0.05) is 0 Å². The zero-order chi connectivity index (χ0) is 12.3. The van der Waals surface area contributed by atoms with E-state index in [1.807, 2.05) is 13.1 Å². The van der Waals surface area contributed by atoms with Crippen LogP contribution < -0.4 is 5.32 Å². The van der Waals surface area contributed by atoms with Crippen LogP contribution in [-0.2, 0) is 4.79 Å². The van der Waals surface area contributed by atoms with Crippen LogP contribution in [0.15, 0.2) is 18.3 Å². The van der Waals surface area contributed by atoms with Crippen molar-refractivity contribution in [1.29, 1.82) is 5.26 Å². The molecule has 0 aliphatic carbocycles. The number of nitrogens with one attached hydrogen (secondary N) is 1. The monoisotopic (exact) mass is 230 g/mol. The number of amides is 1. The molecule has 88 valence electrons. The third-order valence-electron chi connectivity index (χ3n) is 2.91. The van der Waals surface area contributed by atoms with Gasteiger partial charge in [-0.05, 0) is 32.1 Å². The minimum absolute atomic E-state index is 0.00607. The number of rotatable bonds is 2. The highest BCUT2D eigenvalue weighted by molar-refractivity contribution is 5.92. The maximum Gasteiger partial charge on any atom is 0.229 e. The number of nitrogens with zero attached hydrogens (tertiary/aromatic N) is 3. The van der Waals surface area contributed by atoms with Crippen molar-refractivity contribution in [3.05, 3.63) is 23.9 Å².